The zero-order valence-corrected chi connectivity index (χ0v) is 13.3. The molecule has 0 radical (unpaired) electrons. The quantitative estimate of drug-likeness (QED) is 0.777. The Kier molecular flexibility index (Phi) is 4.68. The Labute approximate surface area is 144 Å². The van der Waals surface area contributed by atoms with Crippen molar-refractivity contribution >= 4 is 17.3 Å². The van der Waals surface area contributed by atoms with Crippen LogP contribution in [0.5, 0.6) is 0 Å². The first-order valence-electron chi connectivity index (χ1n) is 7.76. The van der Waals surface area contributed by atoms with Crippen LogP contribution in [0.1, 0.15) is 24.0 Å². The molecule has 4 nitrogen and oxygen atoms in total. The van der Waals surface area contributed by atoms with Crippen LogP contribution in [-0.2, 0) is 12.4 Å². The lowest BCUT2D eigenvalue weighted by Gasteiger charge is -2.17. The molecule has 1 fully saturated rings. The van der Waals surface area contributed by atoms with Crippen LogP contribution in [0.4, 0.5) is 43.7 Å². The van der Waals surface area contributed by atoms with E-state index in [0.29, 0.717) is 18.0 Å². The van der Waals surface area contributed by atoms with Crippen molar-refractivity contribution in [3.63, 3.8) is 0 Å². The highest BCUT2D eigenvalue weighted by atomic mass is 19.4. The Balaban J connectivity index is 1.93. The molecule has 0 aliphatic carbocycles. The van der Waals surface area contributed by atoms with Gasteiger partial charge in [0.1, 0.15) is 18.0 Å². The number of nitrogens with zero attached hydrogens (tertiary/aromatic N) is 3. The topological polar surface area (TPSA) is 41.0 Å². The Morgan fingerprint density at radius 2 is 1.38 bits per heavy atom. The molecule has 2 heterocycles. The summed E-state index contributed by atoms with van der Waals surface area (Å²) in [4.78, 5) is 9.94. The number of nitrogens with one attached hydrogen (secondary N) is 1. The molecule has 0 amide bonds. The van der Waals surface area contributed by atoms with Gasteiger partial charge in [-0.25, -0.2) is 9.97 Å². The summed E-state index contributed by atoms with van der Waals surface area (Å²) in [7, 11) is 0. The van der Waals surface area contributed by atoms with E-state index in [9.17, 15) is 26.3 Å². The standard InChI is InChI=1S/C16H14F6N4/c17-15(18,19)10-5-11(16(20,21)22)7-12(6-10)25-13-8-14(24-9-23-13)26-3-1-2-4-26/h5-9H,1-4H2,(H,23,24,25). The summed E-state index contributed by atoms with van der Waals surface area (Å²) >= 11 is 0. The third-order valence-corrected chi connectivity index (χ3v) is 3.94. The third kappa shape index (κ3) is 4.17. The van der Waals surface area contributed by atoms with Gasteiger partial charge in [-0.2, -0.15) is 26.3 Å². The first-order chi connectivity index (χ1) is 12.1. The molecule has 1 aromatic carbocycles. The third-order valence-electron chi connectivity index (χ3n) is 3.94. The molecule has 0 unspecified atom stereocenters. The largest absolute Gasteiger partial charge is 0.416 e. The van der Waals surface area contributed by atoms with Gasteiger partial charge >= 0.3 is 12.4 Å². The van der Waals surface area contributed by atoms with Crippen LogP contribution in [0, 0.1) is 0 Å². The van der Waals surface area contributed by atoms with Crippen molar-refractivity contribution in [3.05, 3.63) is 41.7 Å². The molecule has 1 aliphatic rings. The smallest absolute Gasteiger partial charge is 0.356 e. The lowest BCUT2D eigenvalue weighted by Crippen LogP contribution is -2.19. The van der Waals surface area contributed by atoms with Crippen LogP contribution < -0.4 is 10.2 Å². The molecule has 1 aromatic heterocycles. The second kappa shape index (κ2) is 6.65. The minimum atomic E-state index is -4.90. The first-order valence-corrected chi connectivity index (χ1v) is 7.76. The number of halogens is 6. The van der Waals surface area contributed by atoms with Gasteiger partial charge in [-0.15, -0.1) is 0 Å². The maximum Gasteiger partial charge on any atom is 0.416 e. The monoisotopic (exact) mass is 376 g/mol. The Hall–Kier alpha value is -2.52. The van der Waals surface area contributed by atoms with Gasteiger partial charge in [0.05, 0.1) is 11.1 Å². The molecule has 1 saturated heterocycles. The molecule has 2 aromatic rings. The molecule has 0 atom stereocenters. The summed E-state index contributed by atoms with van der Waals surface area (Å²) in [5.41, 5.74) is -3.12. The van der Waals surface area contributed by atoms with Gasteiger partial charge in [0.2, 0.25) is 0 Å². The van der Waals surface area contributed by atoms with Crippen LogP contribution in [0.2, 0.25) is 0 Å². The average Bonchev–Trinajstić information content (AvgIpc) is 3.08. The summed E-state index contributed by atoms with van der Waals surface area (Å²) in [6.45, 7) is 1.58. The van der Waals surface area contributed by atoms with Gasteiger partial charge in [0.15, 0.2) is 0 Å². The average molecular weight is 376 g/mol. The zero-order chi connectivity index (χ0) is 18.9. The fourth-order valence-corrected chi connectivity index (χ4v) is 2.71. The van der Waals surface area contributed by atoms with Gasteiger partial charge in [0, 0.05) is 24.8 Å². The summed E-state index contributed by atoms with van der Waals surface area (Å²) in [6, 6.07) is 2.82. The van der Waals surface area contributed by atoms with Crippen LogP contribution in [0.3, 0.4) is 0 Å². The van der Waals surface area contributed by atoms with Gasteiger partial charge in [0.25, 0.3) is 0 Å². The Bertz CT molecular complexity index is 749. The molecular weight excluding hydrogens is 362 g/mol. The maximum absolute atomic E-state index is 12.9. The second-order valence-electron chi connectivity index (χ2n) is 5.88. The van der Waals surface area contributed by atoms with Crippen LogP contribution >= 0.6 is 0 Å². The molecule has 140 valence electrons. The van der Waals surface area contributed by atoms with E-state index in [0.717, 1.165) is 25.9 Å². The van der Waals surface area contributed by atoms with Crippen LogP contribution in [0.25, 0.3) is 0 Å². The van der Waals surface area contributed by atoms with Gasteiger partial charge in [-0.1, -0.05) is 0 Å². The van der Waals surface area contributed by atoms with Crippen molar-refractivity contribution in [1.82, 2.24) is 9.97 Å². The predicted molar refractivity (Wildman–Crippen MR) is 83.2 cm³/mol. The predicted octanol–water partition coefficient (Wildman–Crippen LogP) is 4.86. The highest BCUT2D eigenvalue weighted by Crippen LogP contribution is 2.38. The SMILES string of the molecule is FC(F)(F)c1cc(Nc2cc(N3CCCC3)ncn2)cc(C(F)(F)F)c1. The lowest BCUT2D eigenvalue weighted by molar-refractivity contribution is -0.143. The van der Waals surface area contributed by atoms with E-state index in [4.69, 9.17) is 0 Å². The minimum absolute atomic E-state index is 0.0841. The molecule has 1 N–H and O–H groups in total. The minimum Gasteiger partial charge on any atom is -0.356 e. The highest BCUT2D eigenvalue weighted by molar-refractivity contribution is 5.61. The summed E-state index contributed by atoms with van der Waals surface area (Å²) in [5, 5.41) is 2.51. The summed E-state index contributed by atoms with van der Waals surface area (Å²) in [5.74, 6) is 0.692. The van der Waals surface area contributed by atoms with Gasteiger partial charge in [-0.3, -0.25) is 0 Å². The van der Waals surface area contributed by atoms with Crippen molar-refractivity contribution in [1.29, 1.82) is 0 Å². The number of hydrogen-bond donors (Lipinski definition) is 1. The number of anilines is 3. The van der Waals surface area contributed by atoms with Crippen molar-refractivity contribution in [2.75, 3.05) is 23.3 Å². The molecule has 10 heteroatoms. The van der Waals surface area contributed by atoms with Crippen molar-refractivity contribution in [2.24, 2.45) is 0 Å². The van der Waals surface area contributed by atoms with E-state index in [1.54, 1.807) is 0 Å². The maximum atomic E-state index is 12.9. The molecule has 0 spiro atoms. The molecule has 3 rings (SSSR count). The Morgan fingerprint density at radius 3 is 1.92 bits per heavy atom. The van der Waals surface area contributed by atoms with E-state index < -0.39 is 23.5 Å². The van der Waals surface area contributed by atoms with Crippen LogP contribution in [-0.4, -0.2) is 23.1 Å². The molecule has 1 aliphatic heterocycles. The highest BCUT2D eigenvalue weighted by Gasteiger charge is 2.37. The van der Waals surface area contributed by atoms with Crippen molar-refractivity contribution < 1.29 is 26.3 Å². The van der Waals surface area contributed by atoms with Crippen molar-refractivity contribution in [3.8, 4) is 0 Å². The fraction of sp³-hybridized carbons (Fsp3) is 0.375. The molecule has 26 heavy (non-hydrogen) atoms. The molecule has 0 saturated carbocycles. The number of alkyl halides is 6. The van der Waals surface area contributed by atoms with E-state index in [-0.39, 0.29) is 17.6 Å². The molecule has 0 bridgehead atoms. The van der Waals surface area contributed by atoms with Gasteiger partial charge < -0.3 is 10.2 Å². The van der Waals surface area contributed by atoms with E-state index in [2.05, 4.69) is 15.3 Å². The van der Waals surface area contributed by atoms with E-state index in [1.807, 2.05) is 4.90 Å². The van der Waals surface area contributed by atoms with Crippen LogP contribution in [0.15, 0.2) is 30.6 Å². The fourth-order valence-electron chi connectivity index (χ4n) is 2.71. The number of aromatic nitrogens is 2. The normalized spacial score (nSPS) is 15.4. The zero-order valence-electron chi connectivity index (χ0n) is 13.3. The Morgan fingerprint density at radius 1 is 0.808 bits per heavy atom. The number of hydrogen-bond acceptors (Lipinski definition) is 4. The summed E-state index contributed by atoms with van der Waals surface area (Å²) in [6.07, 6.45) is -6.59. The van der Waals surface area contributed by atoms with Gasteiger partial charge in [-0.05, 0) is 31.0 Å². The number of rotatable bonds is 3. The molecular formula is C16H14F6N4. The summed E-state index contributed by atoms with van der Waals surface area (Å²) < 4.78 is 77.5. The lowest BCUT2D eigenvalue weighted by atomic mass is 10.1. The second-order valence-corrected chi connectivity index (χ2v) is 5.88. The number of benzene rings is 1. The van der Waals surface area contributed by atoms with E-state index >= 15 is 0 Å². The first kappa shape index (κ1) is 18.3. The van der Waals surface area contributed by atoms with E-state index in [1.165, 1.54) is 12.4 Å². The van der Waals surface area contributed by atoms with Crippen molar-refractivity contribution in [2.45, 2.75) is 25.2 Å².